The Hall–Kier alpha value is -1.35. The standard InChI is InChI=1S/C17H28O3/c1-2-3-10-13-16(18)14-11-8-6-4-5-7-9-12-15-17(19)20/h5-8,11,14,16,18H,2-4,9-10,12-13,15H2,1H3,(H,19,20)/b7-5+,8-6+,14-11+. The SMILES string of the molecule is CCCCCC(O)/C=C/C=C/C/C=C/CCCC(=O)O. The van der Waals surface area contributed by atoms with E-state index in [1.165, 1.54) is 12.8 Å². The van der Waals surface area contributed by atoms with Crippen LogP contribution >= 0.6 is 0 Å². The number of aliphatic carboxylic acids is 1. The van der Waals surface area contributed by atoms with E-state index in [0.29, 0.717) is 6.42 Å². The van der Waals surface area contributed by atoms with Gasteiger partial charge >= 0.3 is 5.97 Å². The van der Waals surface area contributed by atoms with Crippen LogP contribution in [0, 0.1) is 0 Å². The molecule has 0 amide bonds. The number of unbranched alkanes of at least 4 members (excludes halogenated alkanes) is 3. The normalized spacial score (nSPS) is 13.7. The summed E-state index contributed by atoms with van der Waals surface area (Å²) in [6.45, 7) is 2.15. The van der Waals surface area contributed by atoms with Gasteiger partial charge in [-0.25, -0.2) is 0 Å². The Kier molecular flexibility index (Phi) is 13.1. The van der Waals surface area contributed by atoms with Gasteiger partial charge in [0.05, 0.1) is 6.10 Å². The van der Waals surface area contributed by atoms with Crippen molar-refractivity contribution < 1.29 is 15.0 Å². The van der Waals surface area contributed by atoms with Gasteiger partial charge in [-0.3, -0.25) is 4.79 Å². The number of carboxylic acids is 1. The Morgan fingerprint density at radius 3 is 2.60 bits per heavy atom. The van der Waals surface area contributed by atoms with Crippen molar-refractivity contribution in [1.82, 2.24) is 0 Å². The predicted octanol–water partition coefficient (Wildman–Crippen LogP) is 4.24. The fourth-order valence-electron chi connectivity index (χ4n) is 1.71. The van der Waals surface area contributed by atoms with Gasteiger partial charge in [0.25, 0.3) is 0 Å². The van der Waals surface area contributed by atoms with E-state index in [1.54, 1.807) is 0 Å². The topological polar surface area (TPSA) is 57.5 Å². The lowest BCUT2D eigenvalue weighted by molar-refractivity contribution is -0.137. The monoisotopic (exact) mass is 280 g/mol. The van der Waals surface area contributed by atoms with E-state index in [0.717, 1.165) is 25.7 Å². The van der Waals surface area contributed by atoms with Crippen molar-refractivity contribution in [3.63, 3.8) is 0 Å². The first-order valence-corrected chi connectivity index (χ1v) is 7.55. The van der Waals surface area contributed by atoms with E-state index in [2.05, 4.69) is 6.92 Å². The molecular weight excluding hydrogens is 252 g/mol. The molecule has 0 fully saturated rings. The summed E-state index contributed by atoms with van der Waals surface area (Å²) in [4.78, 5) is 10.3. The van der Waals surface area contributed by atoms with Crippen molar-refractivity contribution in [2.75, 3.05) is 0 Å². The van der Waals surface area contributed by atoms with Gasteiger partial charge in [-0.2, -0.15) is 0 Å². The molecule has 0 radical (unpaired) electrons. The van der Waals surface area contributed by atoms with Crippen LogP contribution in [0.25, 0.3) is 0 Å². The fraction of sp³-hybridized carbons (Fsp3) is 0.588. The van der Waals surface area contributed by atoms with Crippen LogP contribution in [-0.2, 0) is 4.79 Å². The van der Waals surface area contributed by atoms with Crippen molar-refractivity contribution in [3.8, 4) is 0 Å². The molecule has 0 aliphatic rings. The van der Waals surface area contributed by atoms with E-state index < -0.39 is 5.97 Å². The smallest absolute Gasteiger partial charge is 0.303 e. The molecule has 0 aromatic carbocycles. The molecule has 0 saturated carbocycles. The summed E-state index contributed by atoms with van der Waals surface area (Å²) in [6, 6.07) is 0. The highest BCUT2D eigenvalue weighted by Crippen LogP contribution is 2.04. The lowest BCUT2D eigenvalue weighted by Gasteiger charge is -2.02. The fourth-order valence-corrected chi connectivity index (χ4v) is 1.71. The zero-order chi connectivity index (χ0) is 15.1. The van der Waals surface area contributed by atoms with E-state index in [1.807, 2.05) is 36.5 Å². The molecule has 0 aromatic heterocycles. The van der Waals surface area contributed by atoms with Crippen molar-refractivity contribution in [2.24, 2.45) is 0 Å². The van der Waals surface area contributed by atoms with Crippen LogP contribution in [0.1, 0.15) is 58.3 Å². The third kappa shape index (κ3) is 14.7. The van der Waals surface area contributed by atoms with Crippen LogP contribution in [0.15, 0.2) is 36.5 Å². The van der Waals surface area contributed by atoms with Crippen LogP contribution in [-0.4, -0.2) is 22.3 Å². The molecule has 114 valence electrons. The number of allylic oxidation sites excluding steroid dienone is 5. The van der Waals surface area contributed by atoms with Crippen LogP contribution in [0.5, 0.6) is 0 Å². The van der Waals surface area contributed by atoms with Crippen molar-refractivity contribution in [3.05, 3.63) is 36.5 Å². The molecule has 20 heavy (non-hydrogen) atoms. The molecule has 0 aliphatic carbocycles. The Bertz CT molecular complexity index is 316. The zero-order valence-electron chi connectivity index (χ0n) is 12.5. The average Bonchev–Trinajstić information content (AvgIpc) is 2.41. The molecule has 0 saturated heterocycles. The third-order valence-electron chi connectivity index (χ3n) is 2.88. The molecule has 0 spiro atoms. The van der Waals surface area contributed by atoms with Crippen LogP contribution in [0.2, 0.25) is 0 Å². The Morgan fingerprint density at radius 1 is 1.10 bits per heavy atom. The molecule has 0 aromatic rings. The highest BCUT2D eigenvalue weighted by molar-refractivity contribution is 5.66. The predicted molar refractivity (Wildman–Crippen MR) is 83.7 cm³/mol. The van der Waals surface area contributed by atoms with Gasteiger partial charge in [-0.05, 0) is 25.7 Å². The van der Waals surface area contributed by atoms with Gasteiger partial charge < -0.3 is 10.2 Å². The minimum Gasteiger partial charge on any atom is -0.481 e. The first kappa shape index (κ1) is 18.7. The zero-order valence-corrected chi connectivity index (χ0v) is 12.5. The van der Waals surface area contributed by atoms with Gasteiger partial charge in [-0.15, -0.1) is 0 Å². The molecule has 0 rings (SSSR count). The molecule has 1 atom stereocenters. The lowest BCUT2D eigenvalue weighted by atomic mass is 10.1. The second-order valence-electron chi connectivity index (χ2n) is 4.87. The first-order chi connectivity index (χ1) is 9.66. The van der Waals surface area contributed by atoms with Crippen molar-refractivity contribution in [2.45, 2.75) is 64.4 Å². The minimum absolute atomic E-state index is 0.235. The number of carbonyl (C=O) groups is 1. The third-order valence-corrected chi connectivity index (χ3v) is 2.88. The average molecular weight is 280 g/mol. The molecule has 0 bridgehead atoms. The maximum absolute atomic E-state index is 10.3. The van der Waals surface area contributed by atoms with Crippen LogP contribution in [0.3, 0.4) is 0 Å². The number of rotatable bonds is 12. The van der Waals surface area contributed by atoms with Crippen LogP contribution < -0.4 is 0 Å². The molecule has 2 N–H and O–H groups in total. The number of hydrogen-bond acceptors (Lipinski definition) is 2. The number of aliphatic hydroxyl groups is 1. The van der Waals surface area contributed by atoms with Gasteiger partial charge in [0.15, 0.2) is 0 Å². The van der Waals surface area contributed by atoms with E-state index >= 15 is 0 Å². The first-order valence-electron chi connectivity index (χ1n) is 7.55. The molecule has 0 heterocycles. The number of hydrogen-bond donors (Lipinski definition) is 2. The summed E-state index contributed by atoms with van der Waals surface area (Å²) < 4.78 is 0. The number of carboxylic acid groups (broad SMARTS) is 1. The maximum atomic E-state index is 10.3. The molecular formula is C17H28O3. The summed E-state index contributed by atoms with van der Waals surface area (Å²) >= 11 is 0. The second-order valence-corrected chi connectivity index (χ2v) is 4.87. The van der Waals surface area contributed by atoms with E-state index in [-0.39, 0.29) is 12.5 Å². The van der Waals surface area contributed by atoms with Gasteiger partial charge in [-0.1, -0.05) is 62.6 Å². The van der Waals surface area contributed by atoms with Gasteiger partial charge in [0.1, 0.15) is 0 Å². The quantitative estimate of drug-likeness (QED) is 0.319. The molecule has 3 heteroatoms. The molecule has 0 aliphatic heterocycles. The van der Waals surface area contributed by atoms with E-state index in [9.17, 15) is 9.90 Å². The van der Waals surface area contributed by atoms with Crippen LogP contribution in [0.4, 0.5) is 0 Å². The Morgan fingerprint density at radius 2 is 1.90 bits per heavy atom. The van der Waals surface area contributed by atoms with Gasteiger partial charge in [0, 0.05) is 6.42 Å². The largest absolute Gasteiger partial charge is 0.481 e. The van der Waals surface area contributed by atoms with Crippen molar-refractivity contribution >= 4 is 5.97 Å². The summed E-state index contributed by atoms with van der Waals surface area (Å²) in [5.41, 5.74) is 0. The highest BCUT2D eigenvalue weighted by Gasteiger charge is 1.96. The molecule has 1 unspecified atom stereocenters. The highest BCUT2D eigenvalue weighted by atomic mass is 16.4. The minimum atomic E-state index is -0.735. The van der Waals surface area contributed by atoms with Crippen molar-refractivity contribution in [1.29, 1.82) is 0 Å². The summed E-state index contributed by atoms with van der Waals surface area (Å²) in [5.74, 6) is -0.735. The Labute approximate surface area is 122 Å². The number of aliphatic hydroxyl groups excluding tert-OH is 1. The van der Waals surface area contributed by atoms with Gasteiger partial charge in [0.2, 0.25) is 0 Å². The molecule has 3 nitrogen and oxygen atoms in total. The Balaban J connectivity index is 3.54. The maximum Gasteiger partial charge on any atom is 0.303 e. The lowest BCUT2D eigenvalue weighted by Crippen LogP contribution is -2.00. The second kappa shape index (κ2) is 14.1. The summed E-state index contributed by atoms with van der Waals surface area (Å²) in [6.07, 6.45) is 18.2. The summed E-state index contributed by atoms with van der Waals surface area (Å²) in [5, 5.41) is 18.1. The van der Waals surface area contributed by atoms with E-state index in [4.69, 9.17) is 5.11 Å². The summed E-state index contributed by atoms with van der Waals surface area (Å²) in [7, 11) is 0.